The fourth-order valence-electron chi connectivity index (χ4n) is 1.44. The number of nitrogens with zero attached hydrogens (tertiary/aromatic N) is 1. The first-order valence-electron chi connectivity index (χ1n) is 5.59. The molecule has 0 aromatic carbocycles. The molecule has 1 fully saturated rings. The van der Waals surface area contributed by atoms with E-state index in [4.69, 9.17) is 20.2 Å². The van der Waals surface area contributed by atoms with E-state index in [1.165, 1.54) is 4.90 Å². The highest BCUT2D eigenvalue weighted by molar-refractivity contribution is 8.14. The Kier molecular flexibility index (Phi) is 4.85. The van der Waals surface area contributed by atoms with Crippen LogP contribution in [0.4, 0.5) is 4.79 Å². The molecule has 1 aliphatic heterocycles. The van der Waals surface area contributed by atoms with Gasteiger partial charge in [-0.3, -0.25) is 0 Å². The van der Waals surface area contributed by atoms with Crippen molar-refractivity contribution in [2.45, 2.75) is 31.6 Å². The number of halogens is 1. The fourth-order valence-corrected chi connectivity index (χ4v) is 2.38. The van der Waals surface area contributed by atoms with Crippen LogP contribution >= 0.6 is 10.7 Å². The molecule has 1 heterocycles. The topological polar surface area (TPSA) is 72.9 Å². The Hall–Kier alpha value is -0.530. The highest BCUT2D eigenvalue weighted by Crippen LogP contribution is 2.16. The average Bonchev–Trinajstić information content (AvgIpc) is 2.38. The summed E-state index contributed by atoms with van der Waals surface area (Å²) in [7, 11) is 1.54. The van der Waals surface area contributed by atoms with Gasteiger partial charge in [-0.25, -0.2) is 13.2 Å². The van der Waals surface area contributed by atoms with Crippen molar-refractivity contribution in [2.75, 3.05) is 26.3 Å². The monoisotopic (exact) mass is 299 g/mol. The second-order valence-electron chi connectivity index (χ2n) is 5.10. The Morgan fingerprint density at radius 1 is 1.44 bits per heavy atom. The maximum absolute atomic E-state index is 11.8. The van der Waals surface area contributed by atoms with Crippen LogP contribution in [0.1, 0.15) is 20.8 Å². The van der Waals surface area contributed by atoms with Crippen LogP contribution in [0.15, 0.2) is 0 Å². The normalized spacial score (nSPS) is 22.4. The second-order valence-corrected chi connectivity index (χ2v) is 8.01. The summed E-state index contributed by atoms with van der Waals surface area (Å²) < 4.78 is 32.9. The van der Waals surface area contributed by atoms with Crippen LogP contribution in [0, 0.1) is 0 Å². The number of carbonyl (C=O) groups is 1. The molecule has 0 bridgehead atoms. The molecule has 0 radical (unpaired) electrons. The van der Waals surface area contributed by atoms with Crippen LogP contribution in [-0.4, -0.2) is 56.6 Å². The SMILES string of the molecule is CC(C)(C)OC(=O)N1CCOCC(S(=O)(=O)Cl)C1. The number of amides is 1. The van der Waals surface area contributed by atoms with E-state index in [-0.39, 0.29) is 26.3 Å². The van der Waals surface area contributed by atoms with Crippen LogP contribution in [0.3, 0.4) is 0 Å². The van der Waals surface area contributed by atoms with Crippen LogP contribution < -0.4 is 0 Å². The zero-order chi connectivity index (χ0) is 14.0. The quantitative estimate of drug-likeness (QED) is 0.680. The summed E-state index contributed by atoms with van der Waals surface area (Å²) in [6.45, 7) is 5.77. The van der Waals surface area contributed by atoms with Gasteiger partial charge in [0.1, 0.15) is 10.9 Å². The summed E-state index contributed by atoms with van der Waals surface area (Å²) in [4.78, 5) is 13.2. The molecular weight excluding hydrogens is 282 g/mol. The Morgan fingerprint density at radius 3 is 2.56 bits per heavy atom. The first kappa shape index (κ1) is 15.5. The third kappa shape index (κ3) is 4.99. The van der Waals surface area contributed by atoms with Crippen molar-refractivity contribution < 1.29 is 22.7 Å². The van der Waals surface area contributed by atoms with Gasteiger partial charge in [0.2, 0.25) is 9.05 Å². The molecule has 6 nitrogen and oxygen atoms in total. The molecule has 0 spiro atoms. The van der Waals surface area contributed by atoms with Gasteiger partial charge in [0.05, 0.1) is 13.2 Å². The van der Waals surface area contributed by atoms with E-state index in [2.05, 4.69) is 0 Å². The largest absolute Gasteiger partial charge is 0.444 e. The van der Waals surface area contributed by atoms with Crippen molar-refractivity contribution in [2.24, 2.45) is 0 Å². The summed E-state index contributed by atoms with van der Waals surface area (Å²) in [6, 6.07) is 0. The average molecular weight is 300 g/mol. The third-order valence-electron chi connectivity index (χ3n) is 2.28. The second kappa shape index (κ2) is 5.63. The molecule has 18 heavy (non-hydrogen) atoms. The van der Waals surface area contributed by atoms with Crippen molar-refractivity contribution >= 4 is 25.8 Å². The van der Waals surface area contributed by atoms with Crippen molar-refractivity contribution in [3.63, 3.8) is 0 Å². The highest BCUT2D eigenvalue weighted by Gasteiger charge is 2.32. The van der Waals surface area contributed by atoms with E-state index in [1.807, 2.05) is 0 Å². The molecule has 0 aromatic heterocycles. The van der Waals surface area contributed by atoms with Gasteiger partial charge < -0.3 is 14.4 Å². The van der Waals surface area contributed by atoms with Gasteiger partial charge in [-0.2, -0.15) is 0 Å². The van der Waals surface area contributed by atoms with Gasteiger partial charge in [0.15, 0.2) is 0 Å². The van der Waals surface area contributed by atoms with Gasteiger partial charge in [-0.1, -0.05) is 0 Å². The van der Waals surface area contributed by atoms with E-state index in [0.29, 0.717) is 0 Å². The van der Waals surface area contributed by atoms with Crippen molar-refractivity contribution in [3.8, 4) is 0 Å². The van der Waals surface area contributed by atoms with E-state index < -0.39 is 26.0 Å². The fraction of sp³-hybridized carbons (Fsp3) is 0.900. The van der Waals surface area contributed by atoms with Gasteiger partial charge in [0.25, 0.3) is 0 Å². The van der Waals surface area contributed by atoms with E-state index in [0.717, 1.165) is 0 Å². The number of hydrogen-bond acceptors (Lipinski definition) is 5. The molecule has 1 aliphatic rings. The minimum absolute atomic E-state index is 0.00880. The Bertz CT molecular complexity index is 403. The van der Waals surface area contributed by atoms with Crippen LogP contribution in [0.2, 0.25) is 0 Å². The Morgan fingerprint density at radius 2 is 2.06 bits per heavy atom. The minimum atomic E-state index is -3.76. The molecule has 1 amide bonds. The van der Waals surface area contributed by atoms with Crippen LogP contribution in [0.25, 0.3) is 0 Å². The van der Waals surface area contributed by atoms with Gasteiger partial charge in [-0.15, -0.1) is 0 Å². The van der Waals surface area contributed by atoms with Crippen molar-refractivity contribution in [1.29, 1.82) is 0 Å². The molecular formula is C10H18ClNO5S. The molecule has 106 valence electrons. The van der Waals surface area contributed by atoms with Crippen LogP contribution in [0.5, 0.6) is 0 Å². The number of hydrogen-bond donors (Lipinski definition) is 0. The molecule has 1 unspecified atom stereocenters. The molecule has 0 aliphatic carbocycles. The summed E-state index contributed by atoms with van der Waals surface area (Å²) >= 11 is 0. The lowest BCUT2D eigenvalue weighted by atomic mass is 10.2. The molecule has 1 saturated heterocycles. The standard InChI is InChI=1S/C10H18ClNO5S/c1-10(2,3)17-9(13)12-4-5-16-7-8(6-12)18(11,14)15/h8H,4-7H2,1-3H3. The van der Waals surface area contributed by atoms with E-state index >= 15 is 0 Å². The Labute approximate surface area is 112 Å². The summed E-state index contributed by atoms with van der Waals surface area (Å²) in [5.74, 6) is 0. The maximum atomic E-state index is 11.8. The lowest BCUT2D eigenvalue weighted by Crippen LogP contribution is -2.42. The summed E-state index contributed by atoms with van der Waals surface area (Å²) in [5.41, 5.74) is -0.625. The van der Waals surface area contributed by atoms with Crippen LogP contribution in [-0.2, 0) is 18.5 Å². The molecule has 1 atom stereocenters. The summed E-state index contributed by atoms with van der Waals surface area (Å²) in [5, 5.41) is -0.922. The number of ether oxygens (including phenoxy) is 2. The predicted octanol–water partition coefficient (Wildman–Crippen LogP) is 1.19. The van der Waals surface area contributed by atoms with Gasteiger partial charge in [0, 0.05) is 23.8 Å². The van der Waals surface area contributed by atoms with Crippen molar-refractivity contribution in [1.82, 2.24) is 4.90 Å². The first-order valence-corrected chi connectivity index (χ1v) is 7.96. The molecule has 0 aromatic rings. The predicted molar refractivity (Wildman–Crippen MR) is 67.2 cm³/mol. The lowest BCUT2D eigenvalue weighted by Gasteiger charge is -2.27. The van der Waals surface area contributed by atoms with E-state index in [9.17, 15) is 13.2 Å². The zero-order valence-electron chi connectivity index (χ0n) is 10.7. The minimum Gasteiger partial charge on any atom is -0.444 e. The summed E-state index contributed by atoms with van der Waals surface area (Å²) in [6.07, 6.45) is -0.557. The molecule has 8 heteroatoms. The van der Waals surface area contributed by atoms with Gasteiger partial charge in [-0.05, 0) is 20.8 Å². The highest BCUT2D eigenvalue weighted by atomic mass is 35.7. The smallest absolute Gasteiger partial charge is 0.410 e. The lowest BCUT2D eigenvalue weighted by molar-refractivity contribution is 0.0244. The number of carbonyl (C=O) groups excluding carboxylic acids is 1. The number of rotatable bonds is 1. The first-order chi connectivity index (χ1) is 8.09. The maximum Gasteiger partial charge on any atom is 0.410 e. The zero-order valence-corrected chi connectivity index (χ0v) is 12.3. The van der Waals surface area contributed by atoms with Gasteiger partial charge >= 0.3 is 6.09 Å². The molecule has 0 N–H and O–H groups in total. The van der Waals surface area contributed by atoms with Crippen molar-refractivity contribution in [3.05, 3.63) is 0 Å². The Balaban J connectivity index is 2.73. The molecule has 0 saturated carbocycles. The molecule has 1 rings (SSSR count). The third-order valence-corrected chi connectivity index (χ3v) is 4.12. The van der Waals surface area contributed by atoms with E-state index in [1.54, 1.807) is 20.8 Å².